The van der Waals surface area contributed by atoms with E-state index >= 15 is 0 Å². The molecule has 80 valence electrons. The van der Waals surface area contributed by atoms with Crippen molar-refractivity contribution in [2.45, 2.75) is 45.4 Å². The van der Waals surface area contributed by atoms with Crippen LogP contribution in [-0.4, -0.2) is 16.7 Å². The lowest BCUT2D eigenvalue weighted by Gasteiger charge is -2.01. The molecule has 0 bridgehead atoms. The average Bonchev–Trinajstić information content (AvgIpc) is 2.63. The zero-order valence-corrected chi connectivity index (χ0v) is 8.99. The van der Waals surface area contributed by atoms with Gasteiger partial charge in [0, 0.05) is 12.3 Å². The van der Waals surface area contributed by atoms with Crippen molar-refractivity contribution < 1.29 is 4.52 Å². The lowest BCUT2D eigenvalue weighted by Crippen LogP contribution is -2.04. The van der Waals surface area contributed by atoms with E-state index in [9.17, 15) is 0 Å². The molecule has 0 aromatic carbocycles. The summed E-state index contributed by atoms with van der Waals surface area (Å²) in [5.41, 5.74) is 5.46. The first-order valence-corrected chi connectivity index (χ1v) is 5.30. The Kier molecular flexibility index (Phi) is 4.59. The maximum absolute atomic E-state index is 5.46. The predicted octanol–water partition coefficient (Wildman–Crippen LogP) is 1.86. The summed E-state index contributed by atoms with van der Waals surface area (Å²) in [5.74, 6) is 1.83. The van der Waals surface area contributed by atoms with Crippen LogP contribution >= 0.6 is 0 Å². The largest absolute Gasteiger partial charge is 0.339 e. The van der Waals surface area contributed by atoms with Crippen LogP contribution in [0.2, 0.25) is 0 Å². The van der Waals surface area contributed by atoms with Crippen molar-refractivity contribution in [2.75, 3.05) is 6.54 Å². The van der Waals surface area contributed by atoms with E-state index in [4.69, 9.17) is 10.3 Å². The highest BCUT2D eigenvalue weighted by Gasteiger charge is 2.12. The molecule has 0 radical (unpaired) electrons. The number of hydrogen-bond donors (Lipinski definition) is 1. The third-order valence-corrected chi connectivity index (χ3v) is 2.26. The number of nitrogens with zero attached hydrogens (tertiary/aromatic N) is 2. The van der Waals surface area contributed by atoms with Gasteiger partial charge in [0.1, 0.15) is 0 Å². The molecule has 2 N–H and O–H groups in total. The van der Waals surface area contributed by atoms with Crippen LogP contribution in [0.1, 0.15) is 50.7 Å². The van der Waals surface area contributed by atoms with Crippen LogP contribution in [0.4, 0.5) is 0 Å². The molecular formula is C10H19N3O. The van der Waals surface area contributed by atoms with Gasteiger partial charge in [0.2, 0.25) is 5.89 Å². The van der Waals surface area contributed by atoms with Crippen LogP contribution < -0.4 is 5.73 Å². The van der Waals surface area contributed by atoms with Crippen LogP contribution in [0.15, 0.2) is 4.52 Å². The Morgan fingerprint density at radius 2 is 2.29 bits per heavy atom. The third kappa shape index (κ3) is 3.10. The van der Waals surface area contributed by atoms with Gasteiger partial charge in [-0.15, -0.1) is 0 Å². The molecular weight excluding hydrogens is 178 g/mol. The Hall–Kier alpha value is -0.900. The van der Waals surface area contributed by atoms with Crippen molar-refractivity contribution in [1.82, 2.24) is 10.1 Å². The summed E-state index contributed by atoms with van der Waals surface area (Å²) in [6, 6.07) is 0. The lowest BCUT2D eigenvalue weighted by molar-refractivity contribution is 0.350. The number of aryl methyl sites for hydroxylation is 1. The zero-order valence-electron chi connectivity index (χ0n) is 8.99. The second-order valence-corrected chi connectivity index (χ2v) is 3.63. The fourth-order valence-electron chi connectivity index (χ4n) is 1.28. The topological polar surface area (TPSA) is 64.9 Å². The second-order valence-electron chi connectivity index (χ2n) is 3.63. The Balaban J connectivity index is 2.49. The molecule has 0 aliphatic carbocycles. The monoisotopic (exact) mass is 197 g/mol. The maximum atomic E-state index is 5.46. The summed E-state index contributed by atoms with van der Waals surface area (Å²) < 4.78 is 5.16. The van der Waals surface area contributed by atoms with Gasteiger partial charge in [0.25, 0.3) is 0 Å². The minimum Gasteiger partial charge on any atom is -0.339 e. The van der Waals surface area contributed by atoms with Crippen molar-refractivity contribution in [3.63, 3.8) is 0 Å². The van der Waals surface area contributed by atoms with E-state index in [2.05, 4.69) is 24.0 Å². The molecule has 0 saturated heterocycles. The number of rotatable bonds is 6. The Labute approximate surface area is 84.9 Å². The van der Waals surface area contributed by atoms with E-state index in [1.165, 1.54) is 0 Å². The molecule has 1 aromatic rings. The fraction of sp³-hybridized carbons (Fsp3) is 0.800. The summed E-state index contributed by atoms with van der Waals surface area (Å²) in [4.78, 5) is 4.33. The summed E-state index contributed by atoms with van der Waals surface area (Å²) in [6.07, 6.45) is 4.08. The number of aromatic nitrogens is 2. The van der Waals surface area contributed by atoms with E-state index in [1.54, 1.807) is 0 Å². The number of nitrogens with two attached hydrogens (primary N) is 1. The van der Waals surface area contributed by atoms with Gasteiger partial charge in [-0.2, -0.15) is 4.98 Å². The van der Waals surface area contributed by atoms with Gasteiger partial charge < -0.3 is 10.3 Å². The van der Waals surface area contributed by atoms with Crippen LogP contribution in [-0.2, 0) is 6.42 Å². The first kappa shape index (κ1) is 11.2. The molecule has 14 heavy (non-hydrogen) atoms. The minimum absolute atomic E-state index is 0.280. The lowest BCUT2D eigenvalue weighted by atomic mass is 10.1. The maximum Gasteiger partial charge on any atom is 0.229 e. The van der Waals surface area contributed by atoms with Gasteiger partial charge in [-0.25, -0.2) is 0 Å². The van der Waals surface area contributed by atoms with E-state index in [-0.39, 0.29) is 5.92 Å². The van der Waals surface area contributed by atoms with Crippen molar-refractivity contribution >= 4 is 0 Å². The van der Waals surface area contributed by atoms with Gasteiger partial charge in [-0.1, -0.05) is 25.4 Å². The second kappa shape index (κ2) is 5.75. The molecule has 0 amide bonds. The van der Waals surface area contributed by atoms with Crippen LogP contribution in [0.3, 0.4) is 0 Å². The molecule has 1 unspecified atom stereocenters. The fourth-order valence-corrected chi connectivity index (χ4v) is 1.28. The molecule has 1 heterocycles. The molecule has 0 fully saturated rings. The van der Waals surface area contributed by atoms with E-state index in [0.717, 1.165) is 37.4 Å². The summed E-state index contributed by atoms with van der Waals surface area (Å²) in [5, 5.41) is 3.93. The van der Waals surface area contributed by atoms with Gasteiger partial charge >= 0.3 is 0 Å². The first-order chi connectivity index (χ1) is 6.77. The van der Waals surface area contributed by atoms with E-state index < -0.39 is 0 Å². The molecule has 0 aliphatic heterocycles. The molecule has 4 nitrogen and oxygen atoms in total. The van der Waals surface area contributed by atoms with Gasteiger partial charge in [0.05, 0.1) is 0 Å². The SMILES string of the molecule is CCCCc1noc(C(C)CCN)n1. The zero-order chi connectivity index (χ0) is 10.4. The highest BCUT2D eigenvalue weighted by Crippen LogP contribution is 2.16. The quantitative estimate of drug-likeness (QED) is 0.756. The third-order valence-electron chi connectivity index (χ3n) is 2.26. The predicted molar refractivity (Wildman–Crippen MR) is 55.0 cm³/mol. The van der Waals surface area contributed by atoms with Crippen molar-refractivity contribution in [3.05, 3.63) is 11.7 Å². The molecule has 1 aromatic heterocycles. The van der Waals surface area contributed by atoms with E-state index in [1.807, 2.05) is 0 Å². The van der Waals surface area contributed by atoms with Crippen molar-refractivity contribution in [2.24, 2.45) is 5.73 Å². The Morgan fingerprint density at radius 3 is 2.93 bits per heavy atom. The van der Waals surface area contributed by atoms with Gasteiger partial charge in [-0.3, -0.25) is 0 Å². The standard InChI is InChI=1S/C10H19N3O/c1-3-4-5-9-12-10(14-13-9)8(2)6-7-11/h8H,3-7,11H2,1-2H3. The molecule has 1 rings (SSSR count). The van der Waals surface area contributed by atoms with Gasteiger partial charge in [-0.05, 0) is 19.4 Å². The van der Waals surface area contributed by atoms with Crippen LogP contribution in [0.25, 0.3) is 0 Å². The summed E-state index contributed by atoms with van der Waals surface area (Å²) in [7, 11) is 0. The smallest absolute Gasteiger partial charge is 0.229 e. The summed E-state index contributed by atoms with van der Waals surface area (Å²) in [6.45, 7) is 4.87. The first-order valence-electron chi connectivity index (χ1n) is 5.30. The summed E-state index contributed by atoms with van der Waals surface area (Å²) >= 11 is 0. The van der Waals surface area contributed by atoms with Crippen molar-refractivity contribution in [3.8, 4) is 0 Å². The van der Waals surface area contributed by atoms with E-state index in [0.29, 0.717) is 6.54 Å². The molecule has 0 spiro atoms. The number of hydrogen-bond acceptors (Lipinski definition) is 4. The van der Waals surface area contributed by atoms with Gasteiger partial charge in [0.15, 0.2) is 5.82 Å². The number of unbranched alkanes of at least 4 members (excludes halogenated alkanes) is 1. The van der Waals surface area contributed by atoms with Crippen molar-refractivity contribution in [1.29, 1.82) is 0 Å². The molecule has 0 aliphatic rings. The van der Waals surface area contributed by atoms with Crippen LogP contribution in [0, 0.1) is 0 Å². The highest BCUT2D eigenvalue weighted by atomic mass is 16.5. The molecule has 4 heteroatoms. The molecule has 0 saturated carbocycles. The van der Waals surface area contributed by atoms with Crippen LogP contribution in [0.5, 0.6) is 0 Å². The Bertz CT molecular complexity index is 260. The highest BCUT2D eigenvalue weighted by molar-refractivity contribution is 4.92. The minimum atomic E-state index is 0.280. The molecule has 1 atom stereocenters. The Morgan fingerprint density at radius 1 is 1.50 bits per heavy atom. The normalized spacial score (nSPS) is 13.1. The average molecular weight is 197 g/mol.